The zero-order valence-corrected chi connectivity index (χ0v) is 13.3. The summed E-state index contributed by atoms with van der Waals surface area (Å²) in [5.74, 6) is 1.73. The molecule has 0 spiro atoms. The molecule has 0 aromatic carbocycles. The second-order valence-electron chi connectivity index (χ2n) is 6.28. The van der Waals surface area contributed by atoms with E-state index < -0.39 is 0 Å². The lowest BCUT2D eigenvalue weighted by molar-refractivity contribution is -0.137. The van der Waals surface area contributed by atoms with Gasteiger partial charge in [0.2, 0.25) is 5.91 Å². The van der Waals surface area contributed by atoms with Crippen LogP contribution in [-0.2, 0) is 4.79 Å². The zero-order valence-electron chi connectivity index (χ0n) is 13.3. The van der Waals surface area contributed by atoms with Gasteiger partial charge in [-0.25, -0.2) is 0 Å². The Bertz CT molecular complexity index is 213. The zero-order chi connectivity index (χ0) is 14.1. The van der Waals surface area contributed by atoms with Crippen LogP contribution in [0.25, 0.3) is 0 Å². The molecular formula is C16H33NO. The van der Waals surface area contributed by atoms with Gasteiger partial charge in [-0.05, 0) is 24.7 Å². The quantitative estimate of drug-likeness (QED) is 0.600. The molecule has 0 saturated carbocycles. The minimum Gasteiger partial charge on any atom is -0.342 e. The number of nitrogens with zero attached hydrogens (tertiary/aromatic N) is 1. The van der Waals surface area contributed by atoms with Crippen molar-refractivity contribution < 1.29 is 4.79 Å². The average molecular weight is 255 g/mol. The molecule has 1 atom stereocenters. The van der Waals surface area contributed by atoms with E-state index in [-0.39, 0.29) is 5.92 Å². The van der Waals surface area contributed by atoms with Crippen molar-refractivity contribution in [2.24, 2.45) is 17.8 Å². The molecule has 0 aromatic rings. The standard InChI is InChI=1S/C16H33NO/c1-7-9-10-15(8-2)16(18)17(11-13(3)4)12-14(5)6/h13-15H,7-12H2,1-6H3. The molecule has 18 heavy (non-hydrogen) atoms. The van der Waals surface area contributed by atoms with Gasteiger partial charge in [0.1, 0.15) is 0 Å². The summed E-state index contributed by atoms with van der Waals surface area (Å²) in [6.45, 7) is 14.9. The summed E-state index contributed by atoms with van der Waals surface area (Å²) in [5, 5.41) is 0. The van der Waals surface area contributed by atoms with Crippen LogP contribution in [0.5, 0.6) is 0 Å². The SMILES string of the molecule is CCCCC(CC)C(=O)N(CC(C)C)CC(C)C. The van der Waals surface area contributed by atoms with Gasteiger partial charge in [0.25, 0.3) is 0 Å². The van der Waals surface area contributed by atoms with Gasteiger partial charge < -0.3 is 4.90 Å². The lowest BCUT2D eigenvalue weighted by Gasteiger charge is -2.30. The molecule has 0 aliphatic heterocycles. The fourth-order valence-corrected chi connectivity index (χ4v) is 2.35. The van der Waals surface area contributed by atoms with Crippen molar-refractivity contribution in [3.8, 4) is 0 Å². The molecule has 2 nitrogen and oxygen atoms in total. The third-order valence-electron chi connectivity index (χ3n) is 3.23. The smallest absolute Gasteiger partial charge is 0.225 e. The van der Waals surface area contributed by atoms with Gasteiger partial charge in [-0.2, -0.15) is 0 Å². The van der Waals surface area contributed by atoms with Crippen molar-refractivity contribution in [1.29, 1.82) is 0 Å². The van der Waals surface area contributed by atoms with Gasteiger partial charge in [0.15, 0.2) is 0 Å². The summed E-state index contributed by atoms with van der Waals surface area (Å²) in [4.78, 5) is 14.7. The van der Waals surface area contributed by atoms with Gasteiger partial charge in [-0.15, -0.1) is 0 Å². The summed E-state index contributed by atoms with van der Waals surface area (Å²) >= 11 is 0. The van der Waals surface area contributed by atoms with Crippen LogP contribution in [0.1, 0.15) is 67.2 Å². The van der Waals surface area contributed by atoms with Crippen molar-refractivity contribution in [3.05, 3.63) is 0 Å². The number of amides is 1. The lowest BCUT2D eigenvalue weighted by Crippen LogP contribution is -2.40. The number of rotatable bonds is 9. The number of hydrogen-bond donors (Lipinski definition) is 0. The van der Waals surface area contributed by atoms with Crippen LogP contribution in [0.2, 0.25) is 0 Å². The van der Waals surface area contributed by atoms with Gasteiger partial charge in [0, 0.05) is 19.0 Å². The summed E-state index contributed by atoms with van der Waals surface area (Å²) < 4.78 is 0. The molecule has 0 radical (unpaired) electrons. The van der Waals surface area contributed by atoms with Crippen molar-refractivity contribution in [1.82, 2.24) is 4.90 Å². The Labute approximate surface area is 114 Å². The maximum Gasteiger partial charge on any atom is 0.225 e. The molecule has 0 rings (SSSR count). The highest BCUT2D eigenvalue weighted by molar-refractivity contribution is 5.78. The van der Waals surface area contributed by atoms with Crippen LogP contribution in [-0.4, -0.2) is 23.9 Å². The van der Waals surface area contributed by atoms with Crippen molar-refractivity contribution >= 4 is 5.91 Å². The van der Waals surface area contributed by atoms with E-state index in [4.69, 9.17) is 0 Å². The molecule has 108 valence electrons. The van der Waals surface area contributed by atoms with Gasteiger partial charge in [0.05, 0.1) is 0 Å². The molecule has 0 heterocycles. The van der Waals surface area contributed by atoms with Crippen LogP contribution in [0.15, 0.2) is 0 Å². The fourth-order valence-electron chi connectivity index (χ4n) is 2.35. The Hall–Kier alpha value is -0.530. The van der Waals surface area contributed by atoms with Gasteiger partial charge in [-0.3, -0.25) is 4.79 Å². The highest BCUT2D eigenvalue weighted by Gasteiger charge is 2.23. The second kappa shape index (κ2) is 9.41. The summed E-state index contributed by atoms with van der Waals surface area (Å²) in [6, 6.07) is 0. The number of carbonyl (C=O) groups is 1. The van der Waals surface area contributed by atoms with Gasteiger partial charge >= 0.3 is 0 Å². The summed E-state index contributed by atoms with van der Waals surface area (Å²) in [7, 11) is 0. The van der Waals surface area contributed by atoms with Gasteiger partial charge in [-0.1, -0.05) is 54.4 Å². The van der Waals surface area contributed by atoms with Crippen molar-refractivity contribution in [2.75, 3.05) is 13.1 Å². The highest BCUT2D eigenvalue weighted by Crippen LogP contribution is 2.17. The minimum atomic E-state index is 0.238. The molecule has 2 heteroatoms. The first kappa shape index (κ1) is 17.5. The first-order valence-electron chi connectivity index (χ1n) is 7.71. The minimum absolute atomic E-state index is 0.238. The normalized spacial score (nSPS) is 13.1. The molecule has 0 aromatic heterocycles. The predicted octanol–water partition coefficient (Wildman–Crippen LogP) is 4.34. The third kappa shape index (κ3) is 7.03. The maximum absolute atomic E-state index is 12.6. The first-order valence-corrected chi connectivity index (χ1v) is 7.71. The first-order chi connectivity index (χ1) is 8.42. The van der Waals surface area contributed by atoms with E-state index in [1.807, 2.05) is 0 Å². The monoisotopic (exact) mass is 255 g/mol. The molecule has 1 amide bonds. The summed E-state index contributed by atoms with van der Waals surface area (Å²) in [5.41, 5.74) is 0. The molecule has 1 unspecified atom stereocenters. The second-order valence-corrected chi connectivity index (χ2v) is 6.28. The topological polar surface area (TPSA) is 20.3 Å². The van der Waals surface area contributed by atoms with Crippen LogP contribution in [0, 0.1) is 17.8 Å². The number of carbonyl (C=O) groups excluding carboxylic acids is 1. The van der Waals surface area contributed by atoms with Crippen LogP contribution >= 0.6 is 0 Å². The van der Waals surface area contributed by atoms with Crippen LogP contribution in [0.4, 0.5) is 0 Å². The Morgan fingerprint density at radius 2 is 1.50 bits per heavy atom. The maximum atomic E-state index is 12.6. The van der Waals surface area contributed by atoms with Crippen molar-refractivity contribution in [2.45, 2.75) is 67.2 Å². The Kier molecular flexibility index (Phi) is 9.13. The van der Waals surface area contributed by atoms with E-state index in [0.29, 0.717) is 17.7 Å². The number of unbranched alkanes of at least 4 members (excludes halogenated alkanes) is 1. The third-order valence-corrected chi connectivity index (χ3v) is 3.23. The van der Waals surface area contributed by atoms with E-state index in [2.05, 4.69) is 46.4 Å². The lowest BCUT2D eigenvalue weighted by atomic mass is 9.96. The molecular weight excluding hydrogens is 222 g/mol. The van der Waals surface area contributed by atoms with E-state index in [0.717, 1.165) is 25.9 Å². The van der Waals surface area contributed by atoms with E-state index in [1.54, 1.807) is 0 Å². The molecule has 0 fully saturated rings. The Morgan fingerprint density at radius 3 is 1.83 bits per heavy atom. The largest absolute Gasteiger partial charge is 0.342 e. The highest BCUT2D eigenvalue weighted by atomic mass is 16.2. The molecule has 0 bridgehead atoms. The van der Waals surface area contributed by atoms with Crippen LogP contribution in [0.3, 0.4) is 0 Å². The molecule has 0 N–H and O–H groups in total. The fraction of sp³-hybridized carbons (Fsp3) is 0.938. The van der Waals surface area contributed by atoms with Crippen LogP contribution < -0.4 is 0 Å². The average Bonchev–Trinajstić information content (AvgIpc) is 2.27. The number of hydrogen-bond acceptors (Lipinski definition) is 1. The molecule has 0 saturated heterocycles. The molecule has 0 aliphatic rings. The Morgan fingerprint density at radius 1 is 1.00 bits per heavy atom. The van der Waals surface area contributed by atoms with E-state index in [9.17, 15) is 4.79 Å². The summed E-state index contributed by atoms with van der Waals surface area (Å²) in [6.07, 6.45) is 4.38. The van der Waals surface area contributed by atoms with E-state index >= 15 is 0 Å². The van der Waals surface area contributed by atoms with E-state index in [1.165, 1.54) is 12.8 Å². The molecule has 0 aliphatic carbocycles. The Balaban J connectivity index is 4.57. The van der Waals surface area contributed by atoms with Crippen molar-refractivity contribution in [3.63, 3.8) is 0 Å². The predicted molar refractivity (Wildman–Crippen MR) is 79.6 cm³/mol.